The molecule has 0 amide bonds. The fraction of sp³-hybridized carbons (Fsp3) is 0.438. The highest BCUT2D eigenvalue weighted by molar-refractivity contribution is 5.85. The van der Waals surface area contributed by atoms with Gasteiger partial charge in [-0.25, -0.2) is 0 Å². The van der Waals surface area contributed by atoms with Crippen molar-refractivity contribution >= 4 is 24.7 Å². The number of aliphatic imine (C=N–C) groups is 1. The first kappa shape index (κ1) is 14.9. The molecule has 2 aliphatic rings. The lowest BCUT2D eigenvalue weighted by molar-refractivity contribution is 0.303. The van der Waals surface area contributed by atoms with E-state index in [1.165, 1.54) is 41.8 Å². The summed E-state index contributed by atoms with van der Waals surface area (Å²) in [5.41, 5.74) is 6.41. The van der Waals surface area contributed by atoms with E-state index in [9.17, 15) is 0 Å². The van der Waals surface area contributed by atoms with Crippen LogP contribution >= 0.6 is 12.4 Å². The molecule has 1 aromatic rings. The Balaban J connectivity index is 0.00000147. The van der Waals surface area contributed by atoms with Crippen molar-refractivity contribution in [2.75, 3.05) is 7.11 Å². The average molecular weight is 293 g/mol. The van der Waals surface area contributed by atoms with E-state index in [-0.39, 0.29) is 12.4 Å². The number of nitrogens with zero attached hydrogens (tertiary/aromatic N) is 1. The van der Waals surface area contributed by atoms with E-state index in [1.54, 1.807) is 13.3 Å². The van der Waals surface area contributed by atoms with Crippen molar-refractivity contribution < 1.29 is 4.74 Å². The van der Waals surface area contributed by atoms with Gasteiger partial charge in [-0.05, 0) is 49.3 Å². The number of aromatic amines is 1. The summed E-state index contributed by atoms with van der Waals surface area (Å²) in [6, 6.07) is 0. The summed E-state index contributed by atoms with van der Waals surface area (Å²) in [5, 5.41) is 0. The lowest BCUT2D eigenvalue weighted by Gasteiger charge is -2.20. The molecule has 0 aromatic carbocycles. The Hall–Kier alpha value is -1.48. The second-order valence-corrected chi connectivity index (χ2v) is 5.39. The van der Waals surface area contributed by atoms with Crippen molar-refractivity contribution in [3.63, 3.8) is 0 Å². The molecule has 4 heteroatoms. The van der Waals surface area contributed by atoms with Gasteiger partial charge in [0, 0.05) is 23.7 Å². The Bertz CT molecular complexity index is 596. The first-order valence-electron chi connectivity index (χ1n) is 6.92. The van der Waals surface area contributed by atoms with Gasteiger partial charge in [0.25, 0.3) is 0 Å². The summed E-state index contributed by atoms with van der Waals surface area (Å²) in [6.45, 7) is 4.49. The molecule has 3 rings (SSSR count). The van der Waals surface area contributed by atoms with E-state index in [1.807, 2.05) is 6.08 Å². The summed E-state index contributed by atoms with van der Waals surface area (Å²) < 4.78 is 5.33. The minimum absolute atomic E-state index is 0. The second kappa shape index (κ2) is 5.88. The summed E-state index contributed by atoms with van der Waals surface area (Å²) in [6.07, 6.45) is 9.57. The van der Waals surface area contributed by atoms with Crippen LogP contribution in [0.5, 0.6) is 0 Å². The molecule has 20 heavy (non-hydrogen) atoms. The molecule has 1 aliphatic heterocycles. The van der Waals surface area contributed by atoms with Crippen molar-refractivity contribution in [2.24, 2.45) is 4.99 Å². The molecule has 1 N–H and O–H groups in total. The predicted octanol–water partition coefficient (Wildman–Crippen LogP) is 4.14. The molecule has 3 nitrogen and oxygen atoms in total. The quantitative estimate of drug-likeness (QED) is 0.874. The molecule has 0 fully saturated rings. The molecule has 1 unspecified atom stereocenters. The van der Waals surface area contributed by atoms with Gasteiger partial charge < -0.3 is 9.72 Å². The van der Waals surface area contributed by atoms with Gasteiger partial charge in [-0.2, -0.15) is 0 Å². The summed E-state index contributed by atoms with van der Waals surface area (Å²) >= 11 is 0. The number of halogens is 1. The Morgan fingerprint density at radius 3 is 3.00 bits per heavy atom. The Morgan fingerprint density at radius 1 is 1.45 bits per heavy atom. The van der Waals surface area contributed by atoms with Crippen molar-refractivity contribution in [1.29, 1.82) is 0 Å². The Kier molecular flexibility index (Phi) is 4.39. The number of allylic oxidation sites excluding steroid dienone is 1. The maximum absolute atomic E-state index is 5.33. The van der Waals surface area contributed by atoms with E-state index < -0.39 is 0 Å². The molecule has 2 heterocycles. The number of nitrogens with one attached hydrogen (secondary N) is 1. The first-order chi connectivity index (χ1) is 9.20. The molecule has 1 atom stereocenters. The lowest BCUT2D eigenvalue weighted by atomic mass is 9.84. The number of H-pyrrole nitrogens is 1. The average Bonchev–Trinajstić information content (AvgIpc) is 2.96. The maximum Gasteiger partial charge on any atom is 0.146 e. The minimum atomic E-state index is 0. The van der Waals surface area contributed by atoms with Gasteiger partial charge in [-0.1, -0.05) is 6.92 Å². The highest BCUT2D eigenvalue weighted by Gasteiger charge is 2.23. The third-order valence-electron chi connectivity index (χ3n) is 4.14. The highest BCUT2D eigenvalue weighted by Crippen LogP contribution is 2.37. The maximum atomic E-state index is 5.33. The molecular weight excluding hydrogens is 272 g/mol. The number of aryl methyl sites for hydroxylation is 1. The zero-order valence-electron chi connectivity index (χ0n) is 12.2. The molecule has 1 aromatic heterocycles. The van der Waals surface area contributed by atoms with Crippen LogP contribution in [0.15, 0.2) is 22.5 Å². The number of hydrogen-bond acceptors (Lipinski definition) is 2. The van der Waals surface area contributed by atoms with E-state index in [0.717, 1.165) is 11.5 Å². The van der Waals surface area contributed by atoms with E-state index in [4.69, 9.17) is 4.74 Å². The fourth-order valence-corrected chi connectivity index (χ4v) is 3.19. The largest absolute Gasteiger partial charge is 0.494 e. The topological polar surface area (TPSA) is 37.4 Å². The van der Waals surface area contributed by atoms with Crippen LogP contribution in [0.25, 0.3) is 6.08 Å². The van der Waals surface area contributed by atoms with E-state index in [0.29, 0.717) is 5.92 Å². The van der Waals surface area contributed by atoms with Gasteiger partial charge in [0.2, 0.25) is 0 Å². The highest BCUT2D eigenvalue weighted by atomic mass is 35.5. The lowest BCUT2D eigenvalue weighted by Crippen LogP contribution is -2.06. The van der Waals surface area contributed by atoms with Crippen LogP contribution in [-0.4, -0.2) is 18.3 Å². The molecule has 1 aliphatic carbocycles. The molecule has 0 saturated carbocycles. The van der Waals surface area contributed by atoms with Gasteiger partial charge in [0.15, 0.2) is 0 Å². The predicted molar refractivity (Wildman–Crippen MR) is 85.7 cm³/mol. The normalized spacial score (nSPS) is 22.4. The number of aromatic nitrogens is 1. The second-order valence-electron chi connectivity index (χ2n) is 5.39. The van der Waals surface area contributed by atoms with Crippen LogP contribution in [0.1, 0.15) is 48.2 Å². The van der Waals surface area contributed by atoms with Crippen molar-refractivity contribution in [1.82, 2.24) is 4.98 Å². The van der Waals surface area contributed by atoms with Crippen LogP contribution in [0.4, 0.5) is 0 Å². The zero-order valence-corrected chi connectivity index (χ0v) is 13.0. The minimum Gasteiger partial charge on any atom is -0.494 e. The number of methoxy groups -OCH3 is 1. The Morgan fingerprint density at radius 2 is 2.25 bits per heavy atom. The summed E-state index contributed by atoms with van der Waals surface area (Å²) in [7, 11) is 1.69. The van der Waals surface area contributed by atoms with Crippen LogP contribution < -0.4 is 0 Å². The molecule has 0 spiro atoms. The molecule has 108 valence electrons. The van der Waals surface area contributed by atoms with Crippen LogP contribution in [0, 0.1) is 6.92 Å². The van der Waals surface area contributed by atoms with Crippen LogP contribution in [-0.2, 0) is 11.2 Å². The number of ether oxygens (including phenoxy) is 1. The van der Waals surface area contributed by atoms with E-state index >= 15 is 0 Å². The van der Waals surface area contributed by atoms with Crippen molar-refractivity contribution in [3.05, 3.63) is 40.0 Å². The third kappa shape index (κ3) is 2.42. The van der Waals surface area contributed by atoms with Crippen LogP contribution in [0.3, 0.4) is 0 Å². The SMILES string of the molecule is COC1=CC=N/C1=C\c1[nH]c(C)c2c1C(C)CCC2.Cl. The third-order valence-corrected chi connectivity index (χ3v) is 4.14. The standard InChI is InChI=1S/C16H20N2O.ClH/c1-10-5-4-6-12-11(2)18-14(16(10)12)9-13-15(19-3)7-8-17-13;/h7-10,18H,4-6H2,1-3H3;1H/b13-9-;. The number of rotatable bonds is 2. The van der Waals surface area contributed by atoms with Crippen molar-refractivity contribution in [3.8, 4) is 0 Å². The van der Waals surface area contributed by atoms with Gasteiger partial charge in [-0.15, -0.1) is 12.4 Å². The smallest absolute Gasteiger partial charge is 0.146 e. The monoisotopic (exact) mass is 292 g/mol. The number of fused-ring (bicyclic) bond motifs is 1. The summed E-state index contributed by atoms with van der Waals surface area (Å²) in [5.74, 6) is 1.46. The molecule has 0 saturated heterocycles. The molecular formula is C16H21ClN2O. The van der Waals surface area contributed by atoms with Gasteiger partial charge in [0.05, 0.1) is 7.11 Å². The van der Waals surface area contributed by atoms with Crippen molar-refractivity contribution in [2.45, 2.75) is 39.0 Å². The summed E-state index contributed by atoms with van der Waals surface area (Å²) in [4.78, 5) is 7.89. The van der Waals surface area contributed by atoms with E-state index in [2.05, 4.69) is 29.9 Å². The van der Waals surface area contributed by atoms with Gasteiger partial charge >= 0.3 is 0 Å². The molecule has 0 bridgehead atoms. The fourth-order valence-electron chi connectivity index (χ4n) is 3.19. The first-order valence-corrected chi connectivity index (χ1v) is 6.92. The Labute approximate surface area is 126 Å². The van der Waals surface area contributed by atoms with Gasteiger partial charge in [-0.3, -0.25) is 4.99 Å². The van der Waals surface area contributed by atoms with Crippen LogP contribution in [0.2, 0.25) is 0 Å². The number of hydrogen-bond donors (Lipinski definition) is 1. The molecule has 0 radical (unpaired) electrons. The zero-order chi connectivity index (χ0) is 13.4. The van der Waals surface area contributed by atoms with Gasteiger partial charge in [0.1, 0.15) is 11.5 Å².